The van der Waals surface area contributed by atoms with E-state index in [2.05, 4.69) is 20.8 Å². The zero-order chi connectivity index (χ0) is 35.6. The number of hydrogen-bond donors (Lipinski definition) is 0. The van der Waals surface area contributed by atoms with E-state index in [1.165, 1.54) is 205 Å². The zero-order valence-electron chi connectivity index (χ0n) is 34.4. The molecule has 298 valence electrons. The molecule has 0 N–H and O–H groups in total. The van der Waals surface area contributed by atoms with Gasteiger partial charge in [-0.15, -0.1) is 0 Å². The second-order valence-corrected chi connectivity index (χ2v) is 21.2. The Bertz CT molecular complexity index is 1060. The van der Waals surface area contributed by atoms with Crippen molar-refractivity contribution in [2.45, 2.75) is 273 Å². The fourth-order valence-electron chi connectivity index (χ4n) is 16.3. The first-order chi connectivity index (χ1) is 26.2. The Hall–Kier alpha value is -0.630. The van der Waals surface area contributed by atoms with Crippen molar-refractivity contribution in [2.24, 2.45) is 29.6 Å². The van der Waals surface area contributed by atoms with Crippen LogP contribution in [0.3, 0.4) is 0 Å². The van der Waals surface area contributed by atoms with Crippen molar-refractivity contribution >= 4 is 0 Å². The van der Waals surface area contributed by atoms with Crippen LogP contribution in [0.5, 0.6) is 0 Å². The second-order valence-electron chi connectivity index (χ2n) is 21.2. The van der Waals surface area contributed by atoms with Crippen molar-refractivity contribution in [3.63, 3.8) is 0 Å². The van der Waals surface area contributed by atoms with Crippen LogP contribution in [0.4, 0.5) is 0 Å². The highest BCUT2D eigenvalue weighted by molar-refractivity contribution is 5.10. The highest BCUT2D eigenvalue weighted by atomic mass is 15.3. The summed E-state index contributed by atoms with van der Waals surface area (Å²) in [5.74, 6) is 3.99. The fraction of sp³-hybridized carbons (Fsp3) is 0.980. The van der Waals surface area contributed by atoms with Gasteiger partial charge in [0, 0.05) is 60.3 Å². The van der Waals surface area contributed by atoms with Crippen LogP contribution in [0, 0.1) is 40.9 Å². The molecule has 8 aliphatic carbocycles. The molecule has 0 spiro atoms. The predicted octanol–water partition coefficient (Wildman–Crippen LogP) is 12.2. The van der Waals surface area contributed by atoms with E-state index in [0.717, 1.165) is 78.0 Å². The number of hydrogen-bond acceptors (Lipinski definition) is 4. The Kier molecular flexibility index (Phi) is 12.8. The highest BCUT2D eigenvalue weighted by Gasteiger charge is 2.56. The van der Waals surface area contributed by atoms with Gasteiger partial charge < -0.3 is 0 Å². The summed E-state index contributed by atoms with van der Waals surface area (Å²) in [6.07, 6.45) is 49.9. The van der Waals surface area contributed by atoms with Crippen LogP contribution < -0.4 is 0 Å². The van der Waals surface area contributed by atoms with Gasteiger partial charge >= 0.3 is 0 Å². The highest BCUT2D eigenvalue weighted by Crippen LogP contribution is 2.55. The van der Waals surface area contributed by atoms with E-state index in [0.29, 0.717) is 5.92 Å². The first-order valence-electron chi connectivity index (χ1n) is 25.0. The standard InChI is InChI=1S/C49H82N4/c50-35-36-14-13-15-38(32-36)37-24-26-43(27-25-37)53-48-30-28-44(51(39-16-5-1-6-17-39)40-18-7-2-8-19-40)33-46(48)47-34-45(29-31-49(47)53)52(41-20-9-3-10-21-41)42-22-11-4-12-23-42/h36-49H,1-34H2. The van der Waals surface area contributed by atoms with Crippen LogP contribution in [-0.4, -0.2) is 69.1 Å². The predicted molar refractivity (Wildman–Crippen MR) is 220 cm³/mol. The number of fused-ring (bicyclic) bond motifs is 3. The van der Waals surface area contributed by atoms with E-state index in [1.54, 1.807) is 12.8 Å². The van der Waals surface area contributed by atoms with E-state index in [1.807, 2.05) is 0 Å². The Labute approximate surface area is 327 Å². The van der Waals surface area contributed by atoms with Gasteiger partial charge in [-0.25, -0.2) is 0 Å². The van der Waals surface area contributed by atoms with Gasteiger partial charge in [0.1, 0.15) is 0 Å². The zero-order valence-corrected chi connectivity index (χ0v) is 34.4. The quantitative estimate of drug-likeness (QED) is 0.249. The first-order valence-corrected chi connectivity index (χ1v) is 25.0. The molecule has 1 aliphatic heterocycles. The third-order valence-corrected chi connectivity index (χ3v) is 18.5. The lowest BCUT2D eigenvalue weighted by atomic mass is 9.69. The second kappa shape index (κ2) is 17.9. The maximum absolute atomic E-state index is 9.75. The van der Waals surface area contributed by atoms with Crippen LogP contribution in [0.25, 0.3) is 0 Å². The SMILES string of the molecule is N#CC1CCCC(C2CCC(N3C4CCC(N(C5CCCCC5)C5CCCCC5)CC4C4CC(N(C5CCCCC5)C5CCCCC5)CCC43)CC2)C1. The fourth-order valence-corrected chi connectivity index (χ4v) is 16.3. The summed E-state index contributed by atoms with van der Waals surface area (Å²) >= 11 is 0. The summed E-state index contributed by atoms with van der Waals surface area (Å²) in [6.45, 7) is 0. The van der Waals surface area contributed by atoms with E-state index in [9.17, 15) is 5.26 Å². The summed E-state index contributed by atoms with van der Waals surface area (Å²) in [5.41, 5.74) is 0. The Morgan fingerprint density at radius 1 is 0.358 bits per heavy atom. The molecule has 4 heteroatoms. The minimum atomic E-state index is 0.348. The molecule has 1 saturated heterocycles. The topological polar surface area (TPSA) is 33.5 Å². The molecule has 9 aliphatic rings. The minimum Gasteiger partial charge on any atom is -0.294 e. The van der Waals surface area contributed by atoms with E-state index in [4.69, 9.17) is 0 Å². The molecule has 4 nitrogen and oxygen atoms in total. The molecule has 0 bridgehead atoms. The molecular formula is C49H82N4. The maximum Gasteiger partial charge on any atom is 0.0655 e. The molecule has 9 rings (SSSR count). The van der Waals surface area contributed by atoms with Gasteiger partial charge in [0.2, 0.25) is 0 Å². The van der Waals surface area contributed by atoms with Crippen LogP contribution in [0.15, 0.2) is 0 Å². The Morgan fingerprint density at radius 3 is 1.21 bits per heavy atom. The molecule has 8 saturated carbocycles. The lowest BCUT2D eigenvalue weighted by Gasteiger charge is -2.51. The first kappa shape index (κ1) is 37.9. The van der Waals surface area contributed by atoms with Crippen molar-refractivity contribution in [1.29, 1.82) is 5.26 Å². The van der Waals surface area contributed by atoms with E-state index >= 15 is 0 Å². The van der Waals surface area contributed by atoms with Gasteiger partial charge in [0.15, 0.2) is 0 Å². The molecule has 0 aromatic rings. The summed E-state index contributed by atoms with van der Waals surface area (Å²) in [6, 6.07) is 10.6. The normalized spacial score (nSPS) is 42.0. The smallest absolute Gasteiger partial charge is 0.0655 e. The van der Waals surface area contributed by atoms with Crippen molar-refractivity contribution < 1.29 is 0 Å². The number of likely N-dealkylation sites (tertiary alicyclic amines) is 1. The van der Waals surface area contributed by atoms with Gasteiger partial charge in [0.25, 0.3) is 0 Å². The van der Waals surface area contributed by atoms with E-state index in [-0.39, 0.29) is 0 Å². The van der Waals surface area contributed by atoms with Gasteiger partial charge in [-0.3, -0.25) is 14.7 Å². The molecule has 0 radical (unpaired) electrons. The van der Waals surface area contributed by atoms with Crippen LogP contribution >= 0.6 is 0 Å². The molecule has 0 aromatic heterocycles. The van der Waals surface area contributed by atoms with Gasteiger partial charge in [-0.2, -0.15) is 5.26 Å². The molecule has 53 heavy (non-hydrogen) atoms. The van der Waals surface area contributed by atoms with Crippen molar-refractivity contribution in [2.75, 3.05) is 0 Å². The average molecular weight is 727 g/mol. The molecule has 0 amide bonds. The molecular weight excluding hydrogens is 645 g/mol. The van der Waals surface area contributed by atoms with E-state index < -0.39 is 0 Å². The summed E-state index contributed by atoms with van der Waals surface area (Å²) in [7, 11) is 0. The lowest BCUT2D eigenvalue weighted by Crippen LogP contribution is -2.55. The van der Waals surface area contributed by atoms with Gasteiger partial charge in [0.05, 0.1) is 6.07 Å². The van der Waals surface area contributed by atoms with Gasteiger partial charge in [-0.1, -0.05) is 89.9 Å². The number of rotatable bonds is 8. The molecule has 9 fully saturated rings. The monoisotopic (exact) mass is 727 g/mol. The third-order valence-electron chi connectivity index (χ3n) is 18.5. The van der Waals surface area contributed by atoms with Crippen LogP contribution in [0.1, 0.15) is 218 Å². The van der Waals surface area contributed by atoms with Crippen molar-refractivity contribution in [1.82, 2.24) is 14.7 Å². The summed E-state index contributed by atoms with van der Waals surface area (Å²) in [5, 5.41) is 9.75. The third kappa shape index (κ3) is 8.23. The van der Waals surface area contributed by atoms with Crippen LogP contribution in [-0.2, 0) is 0 Å². The van der Waals surface area contributed by atoms with Crippen LogP contribution in [0.2, 0.25) is 0 Å². The summed E-state index contributed by atoms with van der Waals surface area (Å²) in [4.78, 5) is 9.94. The molecule has 1 heterocycles. The number of nitrogens with zero attached hydrogens (tertiary/aromatic N) is 4. The van der Waals surface area contributed by atoms with Crippen molar-refractivity contribution in [3.05, 3.63) is 0 Å². The Morgan fingerprint density at radius 2 is 0.792 bits per heavy atom. The molecule has 8 atom stereocenters. The largest absolute Gasteiger partial charge is 0.294 e. The average Bonchev–Trinajstić information content (AvgIpc) is 3.56. The maximum atomic E-state index is 9.75. The lowest BCUT2D eigenvalue weighted by molar-refractivity contribution is -0.00956. The molecule has 8 unspecified atom stereocenters. The summed E-state index contributed by atoms with van der Waals surface area (Å²) < 4.78 is 0. The van der Waals surface area contributed by atoms with Crippen molar-refractivity contribution in [3.8, 4) is 6.07 Å². The minimum absolute atomic E-state index is 0.348. The number of nitriles is 1. The Balaban J connectivity index is 0.964. The van der Waals surface area contributed by atoms with Gasteiger partial charge in [-0.05, 0) is 152 Å². The molecule has 0 aromatic carbocycles.